The summed E-state index contributed by atoms with van der Waals surface area (Å²) in [5.74, 6) is -0.114. The van der Waals surface area contributed by atoms with E-state index >= 15 is 0 Å². The highest BCUT2D eigenvalue weighted by Crippen LogP contribution is 2.30. The number of nitrogens with one attached hydrogen (secondary N) is 1. The molecular weight excluding hydrogens is 314 g/mol. The number of amidine groups is 1. The second kappa shape index (κ2) is 5.66. The molecule has 2 aliphatic rings. The van der Waals surface area contributed by atoms with Gasteiger partial charge in [0.15, 0.2) is 0 Å². The molecule has 0 saturated heterocycles. The summed E-state index contributed by atoms with van der Waals surface area (Å²) in [6.45, 7) is 3.62. The molecule has 2 aliphatic heterocycles. The first-order valence-corrected chi connectivity index (χ1v) is 7.61. The van der Waals surface area contributed by atoms with Crippen molar-refractivity contribution in [1.29, 1.82) is 0 Å². The molecule has 0 radical (unpaired) electrons. The summed E-state index contributed by atoms with van der Waals surface area (Å²) in [5, 5.41) is 3.42. The fraction of sp³-hybridized carbons (Fsp3) is 0.235. The van der Waals surface area contributed by atoms with Gasteiger partial charge in [-0.05, 0) is 43.7 Å². The Kier molecular flexibility index (Phi) is 3.82. The minimum Gasteiger partial charge on any atom is -0.324 e. The van der Waals surface area contributed by atoms with Crippen molar-refractivity contribution in [1.82, 2.24) is 4.90 Å². The number of carbonyl (C=O) groups excluding carboxylic acids is 2. The number of aliphatic imine (C=N–C) groups is 1. The molecule has 0 bridgehead atoms. The van der Waals surface area contributed by atoms with Crippen molar-refractivity contribution in [2.45, 2.75) is 25.8 Å². The number of hydrogen-bond acceptors (Lipinski definition) is 3. The van der Waals surface area contributed by atoms with E-state index < -0.39 is 5.54 Å². The normalized spacial score (nSPS) is 22.7. The molecule has 1 unspecified atom stereocenters. The summed E-state index contributed by atoms with van der Waals surface area (Å²) >= 11 is 6.10. The minimum absolute atomic E-state index is 0.0140. The van der Waals surface area contributed by atoms with Crippen molar-refractivity contribution < 1.29 is 9.59 Å². The molecule has 5 nitrogen and oxygen atoms in total. The Labute approximate surface area is 139 Å². The van der Waals surface area contributed by atoms with Crippen LogP contribution in [0, 0.1) is 6.92 Å². The topological polar surface area (TPSA) is 61.8 Å². The van der Waals surface area contributed by atoms with E-state index in [1.807, 2.05) is 19.1 Å². The number of hydrogen-bond donors (Lipinski definition) is 1. The van der Waals surface area contributed by atoms with E-state index in [-0.39, 0.29) is 18.2 Å². The molecule has 6 heteroatoms. The van der Waals surface area contributed by atoms with Gasteiger partial charge in [-0.3, -0.25) is 9.59 Å². The van der Waals surface area contributed by atoms with E-state index in [9.17, 15) is 9.59 Å². The molecule has 3 rings (SSSR count). The number of benzene rings is 1. The van der Waals surface area contributed by atoms with Crippen LogP contribution in [-0.4, -0.2) is 28.1 Å². The van der Waals surface area contributed by atoms with E-state index in [0.29, 0.717) is 16.5 Å². The fourth-order valence-electron chi connectivity index (χ4n) is 2.62. The third kappa shape index (κ3) is 2.80. The minimum atomic E-state index is -1.03. The molecule has 1 N–H and O–H groups in total. The van der Waals surface area contributed by atoms with Crippen LogP contribution in [0.1, 0.15) is 18.9 Å². The van der Waals surface area contributed by atoms with Gasteiger partial charge >= 0.3 is 0 Å². The number of nitrogens with zero attached hydrogens (tertiary/aromatic N) is 2. The maximum atomic E-state index is 12.8. The number of fused-ring (bicyclic) bond motifs is 1. The van der Waals surface area contributed by atoms with Gasteiger partial charge in [0.2, 0.25) is 0 Å². The third-order valence-corrected chi connectivity index (χ3v) is 4.43. The molecule has 0 saturated carbocycles. The van der Waals surface area contributed by atoms with Gasteiger partial charge < -0.3 is 10.2 Å². The van der Waals surface area contributed by atoms with Crippen LogP contribution in [0.4, 0.5) is 5.69 Å². The van der Waals surface area contributed by atoms with Crippen LogP contribution in [0.25, 0.3) is 0 Å². The van der Waals surface area contributed by atoms with Crippen LogP contribution < -0.4 is 5.32 Å². The zero-order valence-corrected chi connectivity index (χ0v) is 13.6. The smallest absolute Gasteiger partial charge is 0.250 e. The molecule has 0 aromatic heterocycles. The summed E-state index contributed by atoms with van der Waals surface area (Å²) in [5.41, 5.74) is 0.495. The summed E-state index contributed by atoms with van der Waals surface area (Å²) in [6.07, 6.45) is 7.08. The van der Waals surface area contributed by atoms with Gasteiger partial charge in [-0.25, -0.2) is 0 Å². The SMILES string of the molecule is Cc1ccc(NC(=O)C2(C)CC(=O)N=C3C=CC=CN32)cc1Cl. The highest BCUT2D eigenvalue weighted by atomic mass is 35.5. The van der Waals surface area contributed by atoms with E-state index in [2.05, 4.69) is 10.3 Å². The van der Waals surface area contributed by atoms with Crippen LogP contribution in [0.15, 0.2) is 47.6 Å². The maximum absolute atomic E-state index is 12.8. The quantitative estimate of drug-likeness (QED) is 0.907. The van der Waals surface area contributed by atoms with Gasteiger partial charge in [0, 0.05) is 16.9 Å². The second-order valence-corrected chi connectivity index (χ2v) is 6.21. The van der Waals surface area contributed by atoms with Crippen LogP contribution in [0.2, 0.25) is 5.02 Å². The van der Waals surface area contributed by atoms with E-state index in [1.54, 1.807) is 42.3 Å². The Hall–Kier alpha value is -2.40. The van der Waals surface area contributed by atoms with Crippen LogP contribution in [0.5, 0.6) is 0 Å². The third-order valence-electron chi connectivity index (χ3n) is 4.02. The van der Waals surface area contributed by atoms with Gasteiger partial charge in [-0.1, -0.05) is 23.7 Å². The zero-order chi connectivity index (χ0) is 16.6. The number of allylic oxidation sites excluding steroid dienone is 2. The largest absolute Gasteiger partial charge is 0.324 e. The predicted octanol–water partition coefficient (Wildman–Crippen LogP) is 3.06. The van der Waals surface area contributed by atoms with Crippen molar-refractivity contribution in [2.75, 3.05) is 5.32 Å². The average molecular weight is 330 g/mol. The van der Waals surface area contributed by atoms with E-state index in [0.717, 1.165) is 5.56 Å². The molecule has 2 heterocycles. The molecule has 1 aromatic carbocycles. The Morgan fingerprint density at radius 2 is 2.17 bits per heavy atom. The Morgan fingerprint density at radius 1 is 1.39 bits per heavy atom. The number of carbonyl (C=O) groups is 2. The van der Waals surface area contributed by atoms with Crippen LogP contribution in [-0.2, 0) is 9.59 Å². The van der Waals surface area contributed by atoms with Gasteiger partial charge in [0.25, 0.3) is 11.8 Å². The number of anilines is 1. The van der Waals surface area contributed by atoms with Crippen molar-refractivity contribution in [3.8, 4) is 0 Å². The lowest BCUT2D eigenvalue weighted by Gasteiger charge is -2.41. The molecular formula is C17H16ClN3O2. The summed E-state index contributed by atoms with van der Waals surface area (Å²) in [6, 6.07) is 5.32. The van der Waals surface area contributed by atoms with Crippen molar-refractivity contribution in [3.63, 3.8) is 0 Å². The predicted molar refractivity (Wildman–Crippen MR) is 90.4 cm³/mol. The van der Waals surface area contributed by atoms with Crippen LogP contribution >= 0.6 is 11.6 Å². The molecule has 1 aromatic rings. The number of rotatable bonds is 2. The standard InChI is InChI=1S/C17H16ClN3O2/c1-11-6-7-12(9-13(11)18)19-16(23)17(2)10-15(22)20-14-5-3-4-8-21(14)17/h3-9H,10H2,1-2H3,(H,19,23). The lowest BCUT2D eigenvalue weighted by Crippen LogP contribution is -2.58. The second-order valence-electron chi connectivity index (χ2n) is 5.80. The lowest BCUT2D eigenvalue weighted by molar-refractivity contribution is -0.130. The lowest BCUT2D eigenvalue weighted by atomic mass is 9.91. The molecule has 0 fully saturated rings. The number of amides is 2. The molecule has 2 amide bonds. The van der Waals surface area contributed by atoms with Gasteiger partial charge in [-0.2, -0.15) is 4.99 Å². The summed E-state index contributed by atoms with van der Waals surface area (Å²) < 4.78 is 0. The fourth-order valence-corrected chi connectivity index (χ4v) is 2.80. The maximum Gasteiger partial charge on any atom is 0.250 e. The molecule has 23 heavy (non-hydrogen) atoms. The highest BCUT2D eigenvalue weighted by molar-refractivity contribution is 6.31. The van der Waals surface area contributed by atoms with Crippen molar-refractivity contribution >= 4 is 34.9 Å². The van der Waals surface area contributed by atoms with Gasteiger partial charge in [-0.15, -0.1) is 0 Å². The number of halogens is 1. The van der Waals surface area contributed by atoms with E-state index in [1.165, 1.54) is 0 Å². The first-order chi connectivity index (χ1) is 10.9. The summed E-state index contributed by atoms with van der Waals surface area (Å²) in [4.78, 5) is 30.4. The summed E-state index contributed by atoms with van der Waals surface area (Å²) in [7, 11) is 0. The number of aryl methyl sites for hydroxylation is 1. The Balaban J connectivity index is 1.89. The Bertz CT molecular complexity index is 782. The molecule has 1 atom stereocenters. The van der Waals surface area contributed by atoms with E-state index in [4.69, 9.17) is 11.6 Å². The monoisotopic (exact) mass is 329 g/mol. The first kappa shape index (κ1) is 15.5. The van der Waals surface area contributed by atoms with Gasteiger partial charge in [0.05, 0.1) is 6.42 Å². The molecule has 0 aliphatic carbocycles. The molecule has 0 spiro atoms. The van der Waals surface area contributed by atoms with Crippen LogP contribution in [0.3, 0.4) is 0 Å². The van der Waals surface area contributed by atoms with Crippen molar-refractivity contribution in [2.24, 2.45) is 4.99 Å². The average Bonchev–Trinajstić information content (AvgIpc) is 2.50. The highest BCUT2D eigenvalue weighted by Gasteiger charge is 2.45. The van der Waals surface area contributed by atoms with Gasteiger partial charge in [0.1, 0.15) is 11.4 Å². The van der Waals surface area contributed by atoms with Crippen molar-refractivity contribution in [3.05, 3.63) is 53.2 Å². The Morgan fingerprint density at radius 3 is 2.91 bits per heavy atom. The first-order valence-electron chi connectivity index (χ1n) is 7.23. The zero-order valence-electron chi connectivity index (χ0n) is 12.8. The molecule has 118 valence electrons.